The van der Waals surface area contributed by atoms with Crippen LogP contribution in [0.5, 0.6) is 0 Å². The molecule has 0 N–H and O–H groups in total. The molecule has 0 unspecified atom stereocenters. The lowest BCUT2D eigenvalue weighted by Crippen LogP contribution is -2.00. The molecule has 5 nitrogen and oxygen atoms in total. The number of furan rings is 2. The molecule has 0 aliphatic heterocycles. The minimum atomic E-state index is -0.350. The number of hydrogen-bond acceptors (Lipinski definition) is 5. The molecule has 0 bridgehead atoms. The van der Waals surface area contributed by atoms with Crippen LogP contribution in [0, 0.1) is 0 Å². The molecule has 0 aliphatic rings. The topological polar surface area (TPSA) is 65.0 Å². The third-order valence-electron chi connectivity index (χ3n) is 8.89. The van der Waals surface area contributed by atoms with Crippen molar-refractivity contribution in [2.24, 2.45) is 0 Å². The number of rotatable bonds is 5. The third-order valence-corrected chi connectivity index (χ3v) is 8.89. The van der Waals surface area contributed by atoms with Gasteiger partial charge in [0.1, 0.15) is 22.3 Å². The van der Waals surface area contributed by atoms with Gasteiger partial charge >= 0.3 is 0 Å². The number of fused-ring (bicyclic) bond motifs is 6. The van der Waals surface area contributed by atoms with Gasteiger partial charge in [-0.15, -0.1) is 0 Å². The van der Waals surface area contributed by atoms with Crippen LogP contribution in [-0.4, -0.2) is 15.0 Å². The lowest BCUT2D eigenvalue weighted by molar-refractivity contribution is 0.668. The first kappa shape index (κ1) is 22.7. The highest BCUT2D eigenvalue weighted by Crippen LogP contribution is 2.40. The molecule has 0 fully saturated rings. The van der Waals surface area contributed by atoms with Crippen molar-refractivity contribution < 1.29 is 17.1 Å². The standard InChI is InChI=1S/C45H27N3O2/c1-3-11-28(12-4-1)29-21-23-30(24-22-29)33-16-10-20-39-41(33)36-26-25-32(27-40(36)49-39)44-46-43(31-13-5-2-6-14-31)47-45(48-44)37-18-9-17-35-34-15-7-8-19-38(34)50-42(35)37/h1-27H/i10D,16D,20D,25D,26D,27D. The van der Waals surface area contributed by atoms with E-state index < -0.39 is 0 Å². The van der Waals surface area contributed by atoms with E-state index in [1.807, 2.05) is 127 Å². The second-order valence-electron chi connectivity index (χ2n) is 11.9. The summed E-state index contributed by atoms with van der Waals surface area (Å²) in [4.78, 5) is 14.5. The average Bonchev–Trinajstić information content (AvgIpc) is 3.83. The summed E-state index contributed by atoms with van der Waals surface area (Å²) in [6, 6.07) is 38.3. The molecule has 0 saturated carbocycles. The van der Waals surface area contributed by atoms with Crippen LogP contribution in [0.3, 0.4) is 0 Å². The molecule has 10 aromatic rings. The smallest absolute Gasteiger partial charge is 0.167 e. The van der Waals surface area contributed by atoms with Gasteiger partial charge in [0.2, 0.25) is 0 Å². The number of benzene rings is 7. The van der Waals surface area contributed by atoms with Gasteiger partial charge in [-0.3, -0.25) is 0 Å². The maximum Gasteiger partial charge on any atom is 0.167 e. The van der Waals surface area contributed by atoms with E-state index >= 15 is 0 Å². The predicted octanol–water partition coefficient (Wildman–Crippen LogP) is 12.0. The van der Waals surface area contributed by atoms with Gasteiger partial charge < -0.3 is 8.83 Å². The largest absolute Gasteiger partial charge is 0.456 e. The van der Waals surface area contributed by atoms with Crippen LogP contribution in [0.15, 0.2) is 172 Å². The molecule has 0 radical (unpaired) electrons. The van der Waals surface area contributed by atoms with Crippen LogP contribution in [0.25, 0.3) is 100 Å². The maximum absolute atomic E-state index is 9.51. The fourth-order valence-electron chi connectivity index (χ4n) is 6.48. The summed E-state index contributed by atoms with van der Waals surface area (Å²) in [7, 11) is 0. The quantitative estimate of drug-likeness (QED) is 0.186. The first-order chi connectivity index (χ1) is 27.3. The summed E-state index contributed by atoms with van der Waals surface area (Å²) in [6.07, 6.45) is 0. The van der Waals surface area contributed by atoms with Gasteiger partial charge in [0, 0.05) is 32.7 Å². The molecule has 10 rings (SSSR count). The summed E-state index contributed by atoms with van der Waals surface area (Å²) >= 11 is 0. The van der Waals surface area contributed by atoms with Crippen LogP contribution >= 0.6 is 0 Å². The highest BCUT2D eigenvalue weighted by Gasteiger charge is 2.19. The highest BCUT2D eigenvalue weighted by atomic mass is 16.3. The number of nitrogens with zero attached hydrogens (tertiary/aromatic N) is 3. The molecule has 0 atom stereocenters. The number of para-hydroxylation sites is 2. The van der Waals surface area contributed by atoms with Gasteiger partial charge in [0.25, 0.3) is 0 Å². The first-order valence-electron chi connectivity index (χ1n) is 19.1. The Hall–Kier alpha value is -6.85. The van der Waals surface area contributed by atoms with Crippen LogP contribution in [-0.2, 0) is 0 Å². The van der Waals surface area contributed by atoms with E-state index in [0.29, 0.717) is 33.7 Å². The van der Waals surface area contributed by atoms with Gasteiger partial charge in [0.05, 0.1) is 13.8 Å². The Morgan fingerprint density at radius 3 is 1.88 bits per heavy atom. The molecular formula is C45H27N3O2. The van der Waals surface area contributed by atoms with Crippen molar-refractivity contribution in [3.63, 3.8) is 0 Å². The summed E-state index contributed by atoms with van der Waals surface area (Å²) in [5, 5.41) is 2.15. The molecular weight excluding hydrogens is 615 g/mol. The fourth-order valence-corrected chi connectivity index (χ4v) is 6.48. The van der Waals surface area contributed by atoms with E-state index in [2.05, 4.69) is 0 Å². The van der Waals surface area contributed by atoms with Crippen molar-refractivity contribution in [2.75, 3.05) is 0 Å². The lowest BCUT2D eigenvalue weighted by Gasteiger charge is -2.09. The molecule has 0 amide bonds. The second-order valence-corrected chi connectivity index (χ2v) is 11.9. The van der Waals surface area contributed by atoms with Gasteiger partial charge in [0.15, 0.2) is 17.5 Å². The van der Waals surface area contributed by atoms with Gasteiger partial charge in [-0.2, -0.15) is 0 Å². The summed E-state index contributed by atoms with van der Waals surface area (Å²) < 4.78 is 67.4. The van der Waals surface area contributed by atoms with Crippen molar-refractivity contribution in [1.82, 2.24) is 15.0 Å². The Morgan fingerprint density at radius 1 is 0.400 bits per heavy atom. The molecule has 7 aromatic carbocycles. The molecule has 0 saturated heterocycles. The summed E-state index contributed by atoms with van der Waals surface area (Å²) in [5.41, 5.74) is 5.19. The zero-order valence-corrected chi connectivity index (χ0v) is 26.3. The Balaban J connectivity index is 1.22. The van der Waals surface area contributed by atoms with Crippen LogP contribution < -0.4 is 0 Å². The predicted molar refractivity (Wildman–Crippen MR) is 202 cm³/mol. The number of hydrogen-bond donors (Lipinski definition) is 0. The molecule has 0 spiro atoms. The molecule has 3 heterocycles. The van der Waals surface area contributed by atoms with E-state index in [9.17, 15) is 4.11 Å². The monoisotopic (exact) mass is 647 g/mol. The van der Waals surface area contributed by atoms with E-state index in [1.165, 1.54) is 0 Å². The number of aromatic nitrogens is 3. The van der Waals surface area contributed by atoms with Crippen LogP contribution in [0.2, 0.25) is 0 Å². The van der Waals surface area contributed by atoms with Gasteiger partial charge in [-0.05, 0) is 52.5 Å². The lowest BCUT2D eigenvalue weighted by atomic mass is 9.96. The third kappa shape index (κ3) is 4.67. The Morgan fingerprint density at radius 2 is 1.06 bits per heavy atom. The van der Waals surface area contributed by atoms with Crippen molar-refractivity contribution in [2.45, 2.75) is 0 Å². The minimum Gasteiger partial charge on any atom is -0.456 e. The summed E-state index contributed by atoms with van der Waals surface area (Å²) in [5.74, 6) is 0.528. The van der Waals surface area contributed by atoms with E-state index in [-0.39, 0.29) is 81.0 Å². The van der Waals surface area contributed by atoms with Crippen molar-refractivity contribution in [1.29, 1.82) is 0 Å². The van der Waals surface area contributed by atoms with Crippen LogP contribution in [0.4, 0.5) is 0 Å². The average molecular weight is 648 g/mol. The highest BCUT2D eigenvalue weighted by molar-refractivity contribution is 6.13. The SMILES string of the molecule is [2H]c1c([2H])c(-c2ccc(-c3ccccc3)cc2)c2c(oc3c([2H])c(-c4nc(-c5ccccc5)nc(-c5cccc6c5oc5ccccc56)n4)c([2H])c([2H])c32)c1[2H]. The van der Waals surface area contributed by atoms with Crippen molar-refractivity contribution in [3.8, 4) is 56.4 Å². The normalized spacial score (nSPS) is 13.3. The maximum atomic E-state index is 9.51. The second kappa shape index (κ2) is 11.4. The Labute approximate surface area is 295 Å². The molecule has 0 aliphatic carbocycles. The van der Waals surface area contributed by atoms with E-state index in [4.69, 9.17) is 27.9 Å². The molecule has 234 valence electrons. The van der Waals surface area contributed by atoms with Gasteiger partial charge in [-0.25, -0.2) is 15.0 Å². The fraction of sp³-hybridized carbons (Fsp3) is 0. The summed E-state index contributed by atoms with van der Waals surface area (Å²) in [6.45, 7) is 0. The zero-order chi connectivity index (χ0) is 38.2. The minimum absolute atomic E-state index is 0.0157. The first-order valence-corrected chi connectivity index (χ1v) is 16.1. The van der Waals surface area contributed by atoms with Crippen LogP contribution in [0.1, 0.15) is 8.22 Å². The molecule has 5 heteroatoms. The van der Waals surface area contributed by atoms with Gasteiger partial charge in [-0.1, -0.05) is 133 Å². The Kier molecular flexibility index (Phi) is 5.17. The Bertz CT molecular complexity index is 3200. The molecule has 50 heavy (non-hydrogen) atoms. The van der Waals surface area contributed by atoms with E-state index in [1.54, 1.807) is 0 Å². The van der Waals surface area contributed by atoms with E-state index in [0.717, 1.165) is 21.9 Å². The van der Waals surface area contributed by atoms with Crippen molar-refractivity contribution >= 4 is 43.9 Å². The molecule has 3 aromatic heterocycles. The zero-order valence-electron chi connectivity index (χ0n) is 32.3. The van der Waals surface area contributed by atoms with Crippen molar-refractivity contribution in [3.05, 3.63) is 164 Å².